The molecule has 0 amide bonds. The molecule has 8 heteroatoms. The molecule has 1 atom stereocenters. The number of carbonyl (C=O) groups is 1. The Labute approximate surface area is 189 Å². The summed E-state index contributed by atoms with van der Waals surface area (Å²) in [5, 5.41) is 21.1. The molecule has 1 aromatic carbocycles. The van der Waals surface area contributed by atoms with Crippen molar-refractivity contribution >= 4 is 16.9 Å². The Balaban J connectivity index is 1.78. The molecule has 4 heterocycles. The summed E-state index contributed by atoms with van der Waals surface area (Å²) >= 11 is 0. The Kier molecular flexibility index (Phi) is 5.10. The van der Waals surface area contributed by atoms with E-state index in [2.05, 4.69) is 0 Å². The highest BCUT2D eigenvalue weighted by molar-refractivity contribution is 5.89. The van der Waals surface area contributed by atoms with Gasteiger partial charge in [0, 0.05) is 29.2 Å². The molecular weight excluding hydrogens is 427 g/mol. The number of aryl methyl sites for hydroxylation is 2. The van der Waals surface area contributed by atoms with Gasteiger partial charge in [-0.2, -0.15) is 0 Å². The summed E-state index contributed by atoms with van der Waals surface area (Å²) in [5.41, 5.74) is 2.21. The zero-order valence-corrected chi connectivity index (χ0v) is 18.6. The molecule has 0 unspecified atom stereocenters. The summed E-state index contributed by atoms with van der Waals surface area (Å²) in [7, 11) is 0. The van der Waals surface area contributed by atoms with Crippen molar-refractivity contribution in [1.82, 2.24) is 9.55 Å². The van der Waals surface area contributed by atoms with Crippen molar-refractivity contribution in [3.63, 3.8) is 0 Å². The molecule has 7 nitrogen and oxygen atoms in total. The number of esters is 1. The molecule has 0 bridgehead atoms. The van der Waals surface area contributed by atoms with Crippen LogP contribution >= 0.6 is 0 Å². The first kappa shape index (κ1) is 21.7. The van der Waals surface area contributed by atoms with Crippen LogP contribution in [0.25, 0.3) is 22.3 Å². The molecule has 33 heavy (non-hydrogen) atoms. The molecule has 0 aliphatic carbocycles. The highest BCUT2D eigenvalue weighted by Crippen LogP contribution is 2.40. The molecule has 2 N–H and O–H groups in total. The molecule has 3 aromatic rings. The second kappa shape index (κ2) is 7.74. The van der Waals surface area contributed by atoms with E-state index in [1.165, 1.54) is 6.07 Å². The molecule has 5 rings (SSSR count). The van der Waals surface area contributed by atoms with Crippen LogP contribution in [0.5, 0.6) is 0 Å². The number of aliphatic hydroxyl groups excluding tert-OH is 1. The van der Waals surface area contributed by atoms with E-state index in [0.29, 0.717) is 41.9 Å². The van der Waals surface area contributed by atoms with Gasteiger partial charge in [0.05, 0.1) is 29.0 Å². The van der Waals surface area contributed by atoms with Gasteiger partial charge in [0.2, 0.25) is 0 Å². The number of carbonyl (C=O) groups excluding carboxylic acids is 1. The van der Waals surface area contributed by atoms with Gasteiger partial charge in [0.15, 0.2) is 5.60 Å². The van der Waals surface area contributed by atoms with E-state index in [9.17, 15) is 24.2 Å². The summed E-state index contributed by atoms with van der Waals surface area (Å²) < 4.78 is 21.1. The smallest absolute Gasteiger partial charge is 0.343 e. The van der Waals surface area contributed by atoms with E-state index in [1.54, 1.807) is 30.5 Å². The van der Waals surface area contributed by atoms with Crippen LogP contribution in [-0.4, -0.2) is 32.3 Å². The number of halogens is 1. The molecule has 0 saturated heterocycles. The second-order valence-electron chi connectivity index (χ2n) is 8.82. The SMILES string of the molecule is CC[C@@]1(O)C(=O)OCc2c1cc1n(c2=O)Cc2c-1nc1cc(F)c(C)cc1c2CCCCO. The largest absolute Gasteiger partial charge is 0.458 e. The van der Waals surface area contributed by atoms with Crippen LogP contribution in [0.3, 0.4) is 0 Å². The maximum absolute atomic E-state index is 14.4. The van der Waals surface area contributed by atoms with Crippen LogP contribution in [0, 0.1) is 12.7 Å². The van der Waals surface area contributed by atoms with E-state index >= 15 is 0 Å². The van der Waals surface area contributed by atoms with Crippen LogP contribution < -0.4 is 5.56 Å². The first-order valence-electron chi connectivity index (χ1n) is 11.2. The first-order chi connectivity index (χ1) is 15.8. The molecule has 2 aromatic heterocycles. The fraction of sp³-hybridized carbons (Fsp3) is 0.400. The van der Waals surface area contributed by atoms with Crippen LogP contribution in [0.15, 0.2) is 23.0 Å². The fourth-order valence-electron chi connectivity index (χ4n) is 4.99. The van der Waals surface area contributed by atoms with Crippen molar-refractivity contribution in [3.8, 4) is 11.4 Å². The lowest BCUT2D eigenvalue weighted by Gasteiger charge is -2.31. The van der Waals surface area contributed by atoms with Crippen molar-refractivity contribution in [2.75, 3.05) is 6.61 Å². The summed E-state index contributed by atoms with van der Waals surface area (Å²) in [4.78, 5) is 30.5. The zero-order chi connectivity index (χ0) is 23.5. The monoisotopic (exact) mass is 452 g/mol. The van der Waals surface area contributed by atoms with E-state index in [0.717, 1.165) is 22.9 Å². The van der Waals surface area contributed by atoms with Crippen molar-refractivity contribution in [2.24, 2.45) is 0 Å². The summed E-state index contributed by atoms with van der Waals surface area (Å²) in [5.74, 6) is -1.13. The highest BCUT2D eigenvalue weighted by Gasteiger charge is 2.45. The normalized spacial score (nSPS) is 18.8. The summed E-state index contributed by atoms with van der Waals surface area (Å²) in [6, 6.07) is 4.85. The number of aromatic nitrogens is 2. The number of fused-ring (bicyclic) bond motifs is 5. The van der Waals surface area contributed by atoms with Gasteiger partial charge in [-0.1, -0.05) is 6.92 Å². The highest BCUT2D eigenvalue weighted by atomic mass is 19.1. The molecule has 2 aliphatic rings. The third kappa shape index (κ3) is 3.12. The molecular formula is C25H25FN2O5. The Hall–Kier alpha value is -3.10. The number of nitrogens with zero attached hydrogens (tertiary/aromatic N) is 2. The number of benzene rings is 1. The Morgan fingerprint density at radius 1 is 1.21 bits per heavy atom. The van der Waals surface area contributed by atoms with E-state index in [1.807, 2.05) is 0 Å². The number of cyclic esters (lactones) is 1. The first-order valence-corrected chi connectivity index (χ1v) is 11.2. The number of aliphatic hydroxyl groups is 2. The minimum atomic E-state index is -1.89. The predicted molar refractivity (Wildman–Crippen MR) is 119 cm³/mol. The zero-order valence-electron chi connectivity index (χ0n) is 18.6. The maximum Gasteiger partial charge on any atom is 0.343 e. The van der Waals surface area contributed by atoms with Gasteiger partial charge in [-0.05, 0) is 55.9 Å². The van der Waals surface area contributed by atoms with Gasteiger partial charge in [-0.25, -0.2) is 14.2 Å². The van der Waals surface area contributed by atoms with Crippen LogP contribution in [0.1, 0.15) is 54.0 Å². The van der Waals surface area contributed by atoms with E-state index in [-0.39, 0.29) is 42.1 Å². The molecule has 172 valence electrons. The van der Waals surface area contributed by atoms with Gasteiger partial charge in [0.25, 0.3) is 5.56 Å². The van der Waals surface area contributed by atoms with Gasteiger partial charge < -0.3 is 19.5 Å². The Bertz CT molecular complexity index is 1380. The third-order valence-electron chi connectivity index (χ3n) is 6.92. The van der Waals surface area contributed by atoms with Gasteiger partial charge in [0.1, 0.15) is 12.4 Å². The minimum Gasteiger partial charge on any atom is -0.458 e. The Morgan fingerprint density at radius 2 is 2.00 bits per heavy atom. The maximum atomic E-state index is 14.4. The van der Waals surface area contributed by atoms with Crippen LogP contribution in [0.4, 0.5) is 4.39 Å². The average molecular weight is 452 g/mol. The number of ether oxygens (including phenoxy) is 1. The van der Waals surface area contributed by atoms with Crippen LogP contribution in [-0.2, 0) is 34.7 Å². The van der Waals surface area contributed by atoms with Crippen molar-refractivity contribution in [2.45, 2.75) is 58.3 Å². The lowest BCUT2D eigenvalue weighted by Crippen LogP contribution is -2.44. The predicted octanol–water partition coefficient (Wildman–Crippen LogP) is 2.84. The van der Waals surface area contributed by atoms with E-state index < -0.39 is 11.6 Å². The van der Waals surface area contributed by atoms with Crippen molar-refractivity contribution < 1.29 is 24.1 Å². The lowest BCUT2D eigenvalue weighted by molar-refractivity contribution is -0.172. The number of pyridine rings is 2. The minimum absolute atomic E-state index is 0.0661. The van der Waals surface area contributed by atoms with Gasteiger partial charge in [-0.3, -0.25) is 4.79 Å². The number of hydrogen-bond acceptors (Lipinski definition) is 6. The second-order valence-corrected chi connectivity index (χ2v) is 8.82. The fourth-order valence-corrected chi connectivity index (χ4v) is 4.99. The van der Waals surface area contributed by atoms with E-state index in [4.69, 9.17) is 9.72 Å². The van der Waals surface area contributed by atoms with Crippen molar-refractivity contribution in [1.29, 1.82) is 0 Å². The number of hydrogen-bond donors (Lipinski definition) is 2. The van der Waals surface area contributed by atoms with Gasteiger partial charge in [-0.15, -0.1) is 0 Å². The molecule has 0 saturated carbocycles. The molecule has 0 spiro atoms. The van der Waals surface area contributed by atoms with Crippen LogP contribution in [0.2, 0.25) is 0 Å². The summed E-state index contributed by atoms with van der Waals surface area (Å²) in [6.45, 7) is 3.55. The Morgan fingerprint density at radius 3 is 2.73 bits per heavy atom. The lowest BCUT2D eigenvalue weighted by atomic mass is 9.86. The number of unbranched alkanes of at least 4 members (excludes halogenated alkanes) is 1. The molecule has 2 aliphatic heterocycles. The molecule has 0 fully saturated rings. The van der Waals surface area contributed by atoms with Crippen molar-refractivity contribution in [3.05, 3.63) is 62.2 Å². The quantitative estimate of drug-likeness (QED) is 0.357. The average Bonchev–Trinajstić information content (AvgIpc) is 3.16. The standard InChI is InChI=1S/C25H25FN2O5/c1-3-25(32)18-9-21-22-16(11-28(21)23(30)17(18)12-33-24(25)31)14(6-4-5-7-29)15-8-13(2)19(26)10-20(15)27-22/h8-10,29,32H,3-7,11-12H2,1-2H3/t25-/m0/s1. The number of rotatable bonds is 5. The summed E-state index contributed by atoms with van der Waals surface area (Å²) in [6.07, 6.45) is 2.08. The van der Waals surface area contributed by atoms with Gasteiger partial charge >= 0.3 is 5.97 Å². The topological polar surface area (TPSA) is 102 Å². The third-order valence-corrected chi connectivity index (χ3v) is 6.92. The molecule has 0 radical (unpaired) electrons.